The number of aryl methyl sites for hydroxylation is 1. The van der Waals surface area contributed by atoms with E-state index in [1.165, 1.54) is 31.7 Å². The van der Waals surface area contributed by atoms with E-state index in [4.69, 9.17) is 11.6 Å². The maximum Gasteiger partial charge on any atom is 0.127 e. The highest BCUT2D eigenvalue weighted by molar-refractivity contribution is 9.09. The molecule has 17 heavy (non-hydrogen) atoms. The fraction of sp³-hybridized carbons (Fsp3) is 0.571. The Morgan fingerprint density at radius 3 is 2.71 bits per heavy atom. The van der Waals surface area contributed by atoms with Crippen LogP contribution in [0.15, 0.2) is 18.2 Å². The Balaban J connectivity index is 1.88. The molecule has 1 saturated carbocycles. The number of alkyl halides is 1. The summed E-state index contributed by atoms with van der Waals surface area (Å²) in [5.41, 5.74) is 0.775. The van der Waals surface area contributed by atoms with Crippen LogP contribution >= 0.6 is 27.5 Å². The summed E-state index contributed by atoms with van der Waals surface area (Å²) in [4.78, 5) is 0.528. The quantitative estimate of drug-likeness (QED) is 0.655. The zero-order valence-electron chi connectivity index (χ0n) is 9.76. The first kappa shape index (κ1) is 13.4. The molecule has 1 aliphatic carbocycles. The fourth-order valence-corrected chi connectivity index (χ4v) is 3.49. The summed E-state index contributed by atoms with van der Waals surface area (Å²) in [5, 5.41) is 0.470. The van der Waals surface area contributed by atoms with E-state index in [0.717, 1.165) is 24.3 Å². The lowest BCUT2D eigenvalue weighted by molar-refractivity contribution is 0.501. The van der Waals surface area contributed by atoms with E-state index in [1.807, 2.05) is 0 Å². The summed E-state index contributed by atoms with van der Waals surface area (Å²) in [7, 11) is 0. The van der Waals surface area contributed by atoms with Crippen LogP contribution in [0.25, 0.3) is 0 Å². The fourth-order valence-electron chi connectivity index (χ4n) is 2.57. The van der Waals surface area contributed by atoms with Gasteiger partial charge in [-0.25, -0.2) is 4.39 Å². The van der Waals surface area contributed by atoms with E-state index in [0.29, 0.717) is 9.85 Å². The van der Waals surface area contributed by atoms with Crippen molar-refractivity contribution in [2.45, 2.75) is 43.4 Å². The number of benzene rings is 1. The minimum atomic E-state index is -0.177. The third-order valence-corrected chi connectivity index (χ3v) is 5.06. The van der Waals surface area contributed by atoms with Gasteiger partial charge in [0.05, 0.1) is 0 Å². The van der Waals surface area contributed by atoms with E-state index in [1.54, 1.807) is 12.1 Å². The summed E-state index contributed by atoms with van der Waals surface area (Å²) >= 11 is 9.49. The first-order chi connectivity index (χ1) is 8.16. The van der Waals surface area contributed by atoms with Gasteiger partial charge in [0.1, 0.15) is 5.82 Å². The van der Waals surface area contributed by atoms with Gasteiger partial charge < -0.3 is 0 Å². The molecule has 0 N–H and O–H groups in total. The highest BCUT2D eigenvalue weighted by Gasteiger charge is 2.22. The molecule has 0 amide bonds. The van der Waals surface area contributed by atoms with Crippen LogP contribution in [0.2, 0.25) is 5.02 Å². The molecule has 0 heterocycles. The molecule has 1 aliphatic rings. The molecule has 1 aromatic rings. The van der Waals surface area contributed by atoms with Gasteiger partial charge in [-0.2, -0.15) is 0 Å². The molecule has 2 rings (SSSR count). The van der Waals surface area contributed by atoms with Crippen LogP contribution in [0.3, 0.4) is 0 Å². The highest BCUT2D eigenvalue weighted by atomic mass is 79.9. The second kappa shape index (κ2) is 6.19. The van der Waals surface area contributed by atoms with E-state index < -0.39 is 0 Å². The van der Waals surface area contributed by atoms with Crippen LogP contribution in [-0.2, 0) is 6.42 Å². The lowest BCUT2D eigenvalue weighted by Gasteiger charge is -2.17. The molecule has 1 fully saturated rings. The molecule has 0 bridgehead atoms. The molecule has 1 aromatic carbocycles. The van der Waals surface area contributed by atoms with Crippen LogP contribution in [0.4, 0.5) is 4.39 Å². The summed E-state index contributed by atoms with van der Waals surface area (Å²) < 4.78 is 13.6. The number of rotatable bonds is 4. The first-order valence-corrected chi connectivity index (χ1v) is 7.54. The highest BCUT2D eigenvalue weighted by Crippen LogP contribution is 2.33. The Morgan fingerprint density at radius 1 is 1.35 bits per heavy atom. The van der Waals surface area contributed by atoms with Crippen molar-refractivity contribution in [3.05, 3.63) is 34.6 Å². The summed E-state index contributed by atoms with van der Waals surface area (Å²) in [6, 6.07) is 4.96. The summed E-state index contributed by atoms with van der Waals surface area (Å²) in [6.07, 6.45) is 7.13. The zero-order valence-corrected chi connectivity index (χ0v) is 12.1. The molecule has 0 aliphatic heterocycles. The summed E-state index contributed by atoms with van der Waals surface area (Å²) in [6.45, 7) is 0. The van der Waals surface area contributed by atoms with Crippen LogP contribution in [0.5, 0.6) is 0 Å². The summed E-state index contributed by atoms with van der Waals surface area (Å²) in [5.74, 6) is 0.606. The Hall–Kier alpha value is -0.0800. The maximum atomic E-state index is 13.6. The van der Waals surface area contributed by atoms with Gasteiger partial charge in [-0.05, 0) is 49.3 Å². The van der Waals surface area contributed by atoms with Crippen LogP contribution in [0, 0.1) is 11.7 Å². The lowest BCUT2D eigenvalue weighted by atomic mass is 9.98. The smallest absolute Gasteiger partial charge is 0.127 e. The van der Waals surface area contributed by atoms with E-state index in [-0.39, 0.29) is 5.82 Å². The average molecular weight is 320 g/mol. The molecule has 94 valence electrons. The van der Waals surface area contributed by atoms with E-state index in [9.17, 15) is 4.39 Å². The van der Waals surface area contributed by atoms with Crippen molar-refractivity contribution in [2.75, 3.05) is 0 Å². The Bertz CT molecular complexity index is 374. The number of halogens is 3. The molecule has 1 unspecified atom stereocenters. The molecule has 0 saturated heterocycles. The van der Waals surface area contributed by atoms with E-state index >= 15 is 0 Å². The molecule has 0 aromatic heterocycles. The maximum absolute atomic E-state index is 13.6. The average Bonchev–Trinajstić information content (AvgIpc) is 2.81. The van der Waals surface area contributed by atoms with Crippen LogP contribution in [-0.4, -0.2) is 4.83 Å². The third-order valence-electron chi connectivity index (χ3n) is 3.62. The molecule has 0 spiro atoms. The second-order valence-electron chi connectivity index (χ2n) is 4.83. The Kier molecular flexibility index (Phi) is 4.87. The van der Waals surface area contributed by atoms with Gasteiger partial charge in [0.25, 0.3) is 0 Å². The number of hydrogen-bond acceptors (Lipinski definition) is 0. The van der Waals surface area contributed by atoms with Crippen molar-refractivity contribution >= 4 is 27.5 Å². The van der Waals surface area contributed by atoms with Crippen LogP contribution < -0.4 is 0 Å². The van der Waals surface area contributed by atoms with Gasteiger partial charge in [-0.1, -0.05) is 46.4 Å². The predicted molar refractivity (Wildman–Crippen MR) is 74.4 cm³/mol. The largest absolute Gasteiger partial charge is 0.207 e. The van der Waals surface area contributed by atoms with E-state index in [2.05, 4.69) is 15.9 Å². The van der Waals surface area contributed by atoms with Crippen molar-refractivity contribution in [3.8, 4) is 0 Å². The van der Waals surface area contributed by atoms with Gasteiger partial charge in [-0.3, -0.25) is 0 Å². The predicted octanol–water partition coefficient (Wildman–Crippen LogP) is 5.37. The topological polar surface area (TPSA) is 0 Å². The Morgan fingerprint density at radius 2 is 2.06 bits per heavy atom. The van der Waals surface area contributed by atoms with Crippen molar-refractivity contribution in [3.63, 3.8) is 0 Å². The minimum absolute atomic E-state index is 0.177. The van der Waals surface area contributed by atoms with Crippen molar-refractivity contribution < 1.29 is 4.39 Å². The van der Waals surface area contributed by atoms with Crippen molar-refractivity contribution in [2.24, 2.45) is 5.92 Å². The van der Waals surface area contributed by atoms with Gasteiger partial charge in [0.15, 0.2) is 0 Å². The molecular weight excluding hydrogens is 303 g/mol. The van der Waals surface area contributed by atoms with Crippen LogP contribution in [0.1, 0.15) is 37.7 Å². The van der Waals surface area contributed by atoms with Gasteiger partial charge in [-0.15, -0.1) is 0 Å². The monoisotopic (exact) mass is 318 g/mol. The minimum Gasteiger partial charge on any atom is -0.207 e. The lowest BCUT2D eigenvalue weighted by Crippen LogP contribution is -2.12. The SMILES string of the molecule is Fc1cc(Cl)ccc1CCC(Br)C1CCCC1. The first-order valence-electron chi connectivity index (χ1n) is 6.25. The normalized spacial score (nSPS) is 18.5. The van der Waals surface area contributed by atoms with Gasteiger partial charge in [0, 0.05) is 9.85 Å². The number of hydrogen-bond donors (Lipinski definition) is 0. The van der Waals surface area contributed by atoms with Crippen molar-refractivity contribution in [1.29, 1.82) is 0 Å². The molecule has 1 atom stereocenters. The zero-order chi connectivity index (χ0) is 12.3. The molecule has 0 nitrogen and oxygen atoms in total. The molecular formula is C14H17BrClF. The molecule has 0 radical (unpaired) electrons. The van der Waals surface area contributed by atoms with Gasteiger partial charge >= 0.3 is 0 Å². The Labute approximate surface area is 116 Å². The second-order valence-corrected chi connectivity index (χ2v) is 6.45. The van der Waals surface area contributed by atoms with Crippen molar-refractivity contribution in [1.82, 2.24) is 0 Å². The third kappa shape index (κ3) is 3.69. The van der Waals surface area contributed by atoms with Gasteiger partial charge in [0.2, 0.25) is 0 Å². The standard InChI is InChI=1S/C14H17BrClF/c15-13(10-3-1-2-4-10)8-6-11-5-7-12(16)9-14(11)17/h5,7,9-10,13H,1-4,6,8H2. The molecule has 3 heteroatoms.